The van der Waals surface area contributed by atoms with Crippen molar-refractivity contribution in [3.8, 4) is 0 Å². The van der Waals surface area contributed by atoms with Gasteiger partial charge in [-0.1, -0.05) is 6.07 Å². The van der Waals surface area contributed by atoms with E-state index in [-0.39, 0.29) is 35.2 Å². The van der Waals surface area contributed by atoms with E-state index in [0.717, 1.165) is 6.26 Å². The molecule has 1 saturated heterocycles. The van der Waals surface area contributed by atoms with Crippen LogP contribution in [0.4, 0.5) is 0 Å². The Hall–Kier alpha value is -1.05. The number of aryl methyl sites for hydroxylation is 1. The molecule has 0 aromatic heterocycles. The third-order valence-corrected chi connectivity index (χ3v) is 8.13. The van der Waals surface area contributed by atoms with Crippen molar-refractivity contribution >= 4 is 29.9 Å². The fourth-order valence-electron chi connectivity index (χ4n) is 2.68. The molecule has 1 aliphatic rings. The van der Waals surface area contributed by atoms with Crippen LogP contribution in [-0.2, 0) is 29.9 Å². The second-order valence-corrected chi connectivity index (χ2v) is 12.0. The van der Waals surface area contributed by atoms with Crippen molar-refractivity contribution in [2.24, 2.45) is 5.14 Å². The van der Waals surface area contributed by atoms with Gasteiger partial charge in [-0.15, -0.1) is 0 Å². The Morgan fingerprint density at radius 3 is 2.08 bits per heavy atom. The zero-order valence-electron chi connectivity index (χ0n) is 14.6. The van der Waals surface area contributed by atoms with Crippen molar-refractivity contribution in [1.82, 2.24) is 9.21 Å². The number of nitrogens with zero attached hydrogens (tertiary/aromatic N) is 2. The van der Waals surface area contributed by atoms with Gasteiger partial charge in [-0.25, -0.2) is 30.4 Å². The number of hydrogen-bond acceptors (Lipinski definition) is 7. The largest absolute Gasteiger partial charge is 0.300 e. The Bertz CT molecular complexity index is 979. The molecule has 2 N–H and O–H groups in total. The van der Waals surface area contributed by atoms with E-state index in [1.807, 2.05) is 4.90 Å². The van der Waals surface area contributed by atoms with E-state index in [4.69, 9.17) is 5.14 Å². The molecule has 0 atom stereocenters. The van der Waals surface area contributed by atoms with Gasteiger partial charge in [0.25, 0.3) is 0 Å². The lowest BCUT2D eigenvalue weighted by molar-refractivity contribution is 0.197. The molecule has 2 rings (SSSR count). The molecule has 0 saturated carbocycles. The Labute approximate surface area is 154 Å². The highest BCUT2D eigenvalue weighted by atomic mass is 32.2. The standard InChI is InChI=1S/C14H23N3O6S3/c1-12-3-4-13(24(2,18)19)11-14(12)26(22,23)17-7-5-16(6-8-17)9-10-25(15,20)21/h3-4,11H,5-10H2,1-2H3,(H2,15,20,21). The summed E-state index contributed by atoms with van der Waals surface area (Å²) < 4.78 is 72.6. The SMILES string of the molecule is Cc1ccc(S(C)(=O)=O)cc1S(=O)(=O)N1CCN(CCS(N)(=O)=O)CC1. The van der Waals surface area contributed by atoms with E-state index >= 15 is 0 Å². The first-order valence-corrected chi connectivity index (χ1v) is 12.9. The molecule has 0 aliphatic carbocycles. The van der Waals surface area contributed by atoms with Crippen LogP contribution in [0.5, 0.6) is 0 Å². The predicted octanol–water partition coefficient (Wildman–Crippen LogP) is -1.01. The number of primary sulfonamides is 1. The molecule has 0 amide bonds. The van der Waals surface area contributed by atoms with Crippen LogP contribution >= 0.6 is 0 Å². The van der Waals surface area contributed by atoms with Crippen molar-refractivity contribution in [2.45, 2.75) is 16.7 Å². The zero-order valence-corrected chi connectivity index (χ0v) is 17.1. The first kappa shape index (κ1) is 21.3. The van der Waals surface area contributed by atoms with Crippen molar-refractivity contribution in [3.63, 3.8) is 0 Å². The molecule has 26 heavy (non-hydrogen) atoms. The monoisotopic (exact) mass is 425 g/mol. The first-order chi connectivity index (χ1) is 11.8. The van der Waals surface area contributed by atoms with Gasteiger partial charge in [0.1, 0.15) is 0 Å². The zero-order chi connectivity index (χ0) is 19.8. The van der Waals surface area contributed by atoms with Crippen LogP contribution in [0.1, 0.15) is 5.56 Å². The number of hydrogen-bond donors (Lipinski definition) is 1. The highest BCUT2D eigenvalue weighted by Crippen LogP contribution is 2.24. The van der Waals surface area contributed by atoms with Gasteiger partial charge in [-0.05, 0) is 24.6 Å². The molecule has 148 valence electrons. The van der Waals surface area contributed by atoms with Gasteiger partial charge < -0.3 is 0 Å². The lowest BCUT2D eigenvalue weighted by atomic mass is 10.2. The van der Waals surface area contributed by atoms with Crippen LogP contribution in [0.2, 0.25) is 0 Å². The molecule has 0 unspecified atom stereocenters. The predicted molar refractivity (Wildman–Crippen MR) is 97.5 cm³/mol. The van der Waals surface area contributed by atoms with Gasteiger partial charge >= 0.3 is 0 Å². The Morgan fingerprint density at radius 2 is 1.58 bits per heavy atom. The summed E-state index contributed by atoms with van der Waals surface area (Å²) in [6, 6.07) is 4.05. The molecule has 9 nitrogen and oxygen atoms in total. The minimum Gasteiger partial charge on any atom is -0.300 e. The number of piperazine rings is 1. The van der Waals surface area contributed by atoms with Crippen molar-refractivity contribution in [2.75, 3.05) is 44.7 Å². The summed E-state index contributed by atoms with van der Waals surface area (Å²) in [5.74, 6) is -0.185. The average molecular weight is 426 g/mol. The number of rotatable bonds is 6. The van der Waals surface area contributed by atoms with Crippen molar-refractivity contribution < 1.29 is 25.3 Å². The van der Waals surface area contributed by atoms with Crippen LogP contribution in [0.15, 0.2) is 28.0 Å². The molecular formula is C14H23N3O6S3. The minimum absolute atomic E-state index is 0.0292. The maximum atomic E-state index is 12.9. The Kier molecular flexibility index (Phi) is 6.15. The summed E-state index contributed by atoms with van der Waals surface area (Å²) in [5.41, 5.74) is 0.467. The van der Waals surface area contributed by atoms with E-state index in [1.165, 1.54) is 22.5 Å². The molecule has 1 aliphatic heterocycles. The fraction of sp³-hybridized carbons (Fsp3) is 0.571. The molecule has 0 spiro atoms. The van der Waals surface area contributed by atoms with Gasteiger partial charge in [0, 0.05) is 39.0 Å². The second kappa shape index (κ2) is 7.52. The molecule has 1 heterocycles. The summed E-state index contributed by atoms with van der Waals surface area (Å²) in [7, 11) is -10.9. The van der Waals surface area contributed by atoms with E-state index in [0.29, 0.717) is 18.7 Å². The minimum atomic E-state index is -3.84. The van der Waals surface area contributed by atoms with E-state index in [2.05, 4.69) is 0 Å². The number of sulfonamides is 2. The highest BCUT2D eigenvalue weighted by molar-refractivity contribution is 7.91. The number of benzene rings is 1. The Balaban J connectivity index is 2.17. The first-order valence-electron chi connectivity index (χ1n) is 7.84. The summed E-state index contributed by atoms with van der Waals surface area (Å²) in [6.07, 6.45) is 1.03. The maximum Gasteiger partial charge on any atom is 0.243 e. The topological polar surface area (TPSA) is 135 Å². The van der Waals surface area contributed by atoms with E-state index in [9.17, 15) is 25.3 Å². The van der Waals surface area contributed by atoms with Crippen LogP contribution < -0.4 is 5.14 Å². The van der Waals surface area contributed by atoms with Crippen LogP contribution in [-0.4, -0.2) is 79.2 Å². The molecule has 0 bridgehead atoms. The highest BCUT2D eigenvalue weighted by Gasteiger charge is 2.30. The van der Waals surface area contributed by atoms with Crippen molar-refractivity contribution in [1.29, 1.82) is 0 Å². The van der Waals surface area contributed by atoms with Gasteiger partial charge in [-0.2, -0.15) is 4.31 Å². The summed E-state index contributed by atoms with van der Waals surface area (Å²) in [6.45, 7) is 2.99. The van der Waals surface area contributed by atoms with Crippen LogP contribution in [0, 0.1) is 6.92 Å². The molecule has 0 radical (unpaired) electrons. The normalized spacial score (nSPS) is 18.1. The third kappa shape index (κ3) is 5.24. The Morgan fingerprint density at radius 1 is 1.00 bits per heavy atom. The number of nitrogens with two attached hydrogens (primary N) is 1. The summed E-state index contributed by atoms with van der Waals surface area (Å²) >= 11 is 0. The quantitative estimate of drug-likeness (QED) is 0.617. The molecular weight excluding hydrogens is 402 g/mol. The van der Waals surface area contributed by atoms with Crippen LogP contribution in [0.25, 0.3) is 0 Å². The lowest BCUT2D eigenvalue weighted by Gasteiger charge is -2.34. The summed E-state index contributed by atoms with van der Waals surface area (Å²) in [5, 5.41) is 4.98. The molecule has 12 heteroatoms. The fourth-order valence-corrected chi connectivity index (χ4v) is 5.59. The van der Waals surface area contributed by atoms with Gasteiger partial charge in [0.15, 0.2) is 9.84 Å². The van der Waals surface area contributed by atoms with Gasteiger partial charge in [0.2, 0.25) is 20.0 Å². The smallest absolute Gasteiger partial charge is 0.243 e. The molecule has 1 fully saturated rings. The average Bonchev–Trinajstić information content (AvgIpc) is 2.51. The second-order valence-electron chi connectivity index (χ2n) is 6.31. The van der Waals surface area contributed by atoms with Gasteiger partial charge in [-0.3, -0.25) is 4.90 Å². The third-order valence-electron chi connectivity index (χ3n) is 4.23. The summed E-state index contributed by atoms with van der Waals surface area (Å²) in [4.78, 5) is 1.75. The number of sulfone groups is 1. The van der Waals surface area contributed by atoms with Gasteiger partial charge in [0.05, 0.1) is 15.5 Å². The maximum absolute atomic E-state index is 12.9. The van der Waals surface area contributed by atoms with E-state index in [1.54, 1.807) is 6.92 Å². The van der Waals surface area contributed by atoms with Crippen LogP contribution in [0.3, 0.4) is 0 Å². The van der Waals surface area contributed by atoms with E-state index < -0.39 is 29.9 Å². The molecule has 1 aromatic carbocycles. The molecule has 1 aromatic rings. The lowest BCUT2D eigenvalue weighted by Crippen LogP contribution is -2.49. The van der Waals surface area contributed by atoms with Crippen molar-refractivity contribution in [3.05, 3.63) is 23.8 Å².